The Bertz CT molecular complexity index is 130. The van der Waals surface area contributed by atoms with Crippen LogP contribution >= 0.6 is 0 Å². The van der Waals surface area contributed by atoms with Crippen LogP contribution in [0.15, 0.2) is 0 Å². The van der Waals surface area contributed by atoms with Crippen LogP contribution in [0.2, 0.25) is 0 Å². The number of halogens is 1. The molecule has 0 saturated carbocycles. The minimum Gasteiger partial charge on any atom is -0.314 e. The fraction of sp³-hybridized carbons (Fsp3) is 1.00. The second-order valence-electron chi connectivity index (χ2n) is 3.52. The summed E-state index contributed by atoms with van der Waals surface area (Å²) in [5, 5.41) is 6.34. The average Bonchev–Trinajstić information content (AvgIpc) is 2.05. The Morgan fingerprint density at radius 1 is 1.67 bits per heavy atom. The first-order chi connectivity index (χ1) is 5.75. The second-order valence-corrected chi connectivity index (χ2v) is 3.52. The highest BCUT2D eigenvalue weighted by Gasteiger charge is 2.28. The minimum absolute atomic E-state index is 0.200. The van der Waals surface area contributed by atoms with Gasteiger partial charge >= 0.3 is 0 Å². The predicted octanol–water partition coefficient (Wildman–Crippen LogP) is 0.932. The molecule has 0 radical (unpaired) electrons. The van der Waals surface area contributed by atoms with Crippen molar-refractivity contribution in [1.82, 2.24) is 10.6 Å². The fourth-order valence-electron chi connectivity index (χ4n) is 1.88. The summed E-state index contributed by atoms with van der Waals surface area (Å²) in [7, 11) is 0. The lowest BCUT2D eigenvalue weighted by Gasteiger charge is -2.31. The summed E-state index contributed by atoms with van der Waals surface area (Å²) in [6.45, 7) is 6.55. The summed E-state index contributed by atoms with van der Waals surface area (Å²) < 4.78 is 13.3. The SMILES string of the molecule is CCNC(C)C1CCNCC1F. The summed E-state index contributed by atoms with van der Waals surface area (Å²) >= 11 is 0. The maximum Gasteiger partial charge on any atom is 0.117 e. The van der Waals surface area contributed by atoms with Crippen LogP contribution in [-0.2, 0) is 0 Å². The molecule has 0 amide bonds. The molecule has 0 aromatic heterocycles. The van der Waals surface area contributed by atoms with Gasteiger partial charge in [-0.1, -0.05) is 6.92 Å². The highest BCUT2D eigenvalue weighted by Crippen LogP contribution is 2.19. The Kier molecular flexibility index (Phi) is 3.95. The number of hydrogen-bond acceptors (Lipinski definition) is 2. The zero-order valence-electron chi connectivity index (χ0n) is 7.94. The average molecular weight is 174 g/mol. The minimum atomic E-state index is -0.673. The molecule has 1 heterocycles. The number of piperidine rings is 1. The molecule has 3 unspecified atom stereocenters. The normalized spacial score (nSPS) is 33.2. The lowest BCUT2D eigenvalue weighted by molar-refractivity contribution is 0.148. The van der Waals surface area contributed by atoms with Gasteiger partial charge in [0.05, 0.1) is 0 Å². The van der Waals surface area contributed by atoms with Crippen molar-refractivity contribution in [3.05, 3.63) is 0 Å². The monoisotopic (exact) mass is 174 g/mol. The van der Waals surface area contributed by atoms with Crippen molar-refractivity contribution < 1.29 is 4.39 Å². The van der Waals surface area contributed by atoms with E-state index in [9.17, 15) is 4.39 Å². The van der Waals surface area contributed by atoms with E-state index in [-0.39, 0.29) is 5.92 Å². The molecule has 0 aliphatic carbocycles. The Hall–Kier alpha value is -0.150. The molecule has 0 bridgehead atoms. The van der Waals surface area contributed by atoms with Crippen molar-refractivity contribution in [3.63, 3.8) is 0 Å². The molecule has 72 valence electrons. The first-order valence-electron chi connectivity index (χ1n) is 4.84. The van der Waals surface area contributed by atoms with E-state index in [0.717, 1.165) is 19.5 Å². The van der Waals surface area contributed by atoms with Gasteiger partial charge < -0.3 is 10.6 Å². The fourth-order valence-corrected chi connectivity index (χ4v) is 1.88. The van der Waals surface area contributed by atoms with E-state index >= 15 is 0 Å². The molecule has 12 heavy (non-hydrogen) atoms. The highest BCUT2D eigenvalue weighted by molar-refractivity contribution is 4.84. The quantitative estimate of drug-likeness (QED) is 0.665. The van der Waals surface area contributed by atoms with Crippen LogP contribution in [0.1, 0.15) is 20.3 Å². The van der Waals surface area contributed by atoms with Crippen molar-refractivity contribution in [2.75, 3.05) is 19.6 Å². The van der Waals surface area contributed by atoms with E-state index < -0.39 is 6.17 Å². The molecule has 0 spiro atoms. The lowest BCUT2D eigenvalue weighted by atomic mass is 9.89. The first-order valence-corrected chi connectivity index (χ1v) is 4.84. The van der Waals surface area contributed by atoms with E-state index in [1.165, 1.54) is 0 Å². The van der Waals surface area contributed by atoms with E-state index in [1.54, 1.807) is 0 Å². The highest BCUT2D eigenvalue weighted by atomic mass is 19.1. The van der Waals surface area contributed by atoms with Gasteiger partial charge in [0, 0.05) is 18.5 Å². The summed E-state index contributed by atoms with van der Waals surface area (Å²) in [4.78, 5) is 0. The molecule has 0 aromatic rings. The van der Waals surface area contributed by atoms with Crippen LogP contribution < -0.4 is 10.6 Å². The van der Waals surface area contributed by atoms with Gasteiger partial charge in [-0.25, -0.2) is 4.39 Å². The largest absolute Gasteiger partial charge is 0.314 e. The number of nitrogens with one attached hydrogen (secondary N) is 2. The Morgan fingerprint density at radius 3 is 3.00 bits per heavy atom. The van der Waals surface area contributed by atoms with Gasteiger partial charge in [-0.2, -0.15) is 0 Å². The Balaban J connectivity index is 2.36. The Labute approximate surface area is 73.9 Å². The van der Waals surface area contributed by atoms with Crippen LogP contribution in [0, 0.1) is 5.92 Å². The number of hydrogen-bond donors (Lipinski definition) is 2. The maximum atomic E-state index is 13.3. The molecule has 1 fully saturated rings. The third-order valence-corrected chi connectivity index (χ3v) is 2.63. The van der Waals surface area contributed by atoms with E-state index in [1.807, 2.05) is 0 Å². The summed E-state index contributed by atoms with van der Waals surface area (Å²) in [5.41, 5.74) is 0. The molecule has 1 aliphatic heterocycles. The van der Waals surface area contributed by atoms with Crippen molar-refractivity contribution in [2.45, 2.75) is 32.5 Å². The molecule has 1 saturated heterocycles. The molecular weight excluding hydrogens is 155 g/mol. The summed E-state index contributed by atoms with van der Waals surface area (Å²) in [6, 6.07) is 0.312. The van der Waals surface area contributed by atoms with Crippen molar-refractivity contribution in [1.29, 1.82) is 0 Å². The smallest absolute Gasteiger partial charge is 0.117 e. The van der Waals surface area contributed by atoms with Gasteiger partial charge in [-0.15, -0.1) is 0 Å². The topological polar surface area (TPSA) is 24.1 Å². The molecule has 1 rings (SSSR count). The van der Waals surface area contributed by atoms with Gasteiger partial charge in [0.25, 0.3) is 0 Å². The standard InChI is InChI=1S/C9H19FN2/c1-3-12-7(2)8-4-5-11-6-9(8)10/h7-9,11-12H,3-6H2,1-2H3. The van der Waals surface area contributed by atoms with Crippen LogP contribution in [0.5, 0.6) is 0 Å². The van der Waals surface area contributed by atoms with Gasteiger partial charge in [-0.3, -0.25) is 0 Å². The first kappa shape index (κ1) is 9.93. The molecule has 2 N–H and O–H groups in total. The predicted molar refractivity (Wildman–Crippen MR) is 49.0 cm³/mol. The zero-order chi connectivity index (χ0) is 8.97. The molecule has 3 atom stereocenters. The van der Waals surface area contributed by atoms with E-state index in [2.05, 4.69) is 24.5 Å². The molecule has 3 heteroatoms. The third kappa shape index (κ3) is 2.42. The number of alkyl halides is 1. The maximum absolute atomic E-state index is 13.3. The lowest BCUT2D eigenvalue weighted by Crippen LogP contribution is -2.47. The molecule has 1 aliphatic rings. The molecule has 2 nitrogen and oxygen atoms in total. The Morgan fingerprint density at radius 2 is 2.42 bits per heavy atom. The van der Waals surface area contributed by atoms with Gasteiger partial charge in [0.1, 0.15) is 6.17 Å². The number of rotatable bonds is 3. The van der Waals surface area contributed by atoms with Crippen molar-refractivity contribution >= 4 is 0 Å². The van der Waals surface area contributed by atoms with Gasteiger partial charge in [0.2, 0.25) is 0 Å². The van der Waals surface area contributed by atoms with Crippen LogP contribution in [-0.4, -0.2) is 31.8 Å². The van der Waals surface area contributed by atoms with Crippen LogP contribution in [0.3, 0.4) is 0 Å². The molecule has 0 aromatic carbocycles. The van der Waals surface area contributed by atoms with Crippen molar-refractivity contribution in [3.8, 4) is 0 Å². The van der Waals surface area contributed by atoms with Crippen LogP contribution in [0.25, 0.3) is 0 Å². The third-order valence-electron chi connectivity index (χ3n) is 2.63. The van der Waals surface area contributed by atoms with Crippen LogP contribution in [0.4, 0.5) is 4.39 Å². The summed E-state index contributed by atoms with van der Waals surface area (Å²) in [6.07, 6.45) is 0.280. The van der Waals surface area contributed by atoms with Crippen molar-refractivity contribution in [2.24, 2.45) is 5.92 Å². The molecular formula is C9H19FN2. The van der Waals surface area contributed by atoms with Gasteiger partial charge in [0.15, 0.2) is 0 Å². The summed E-state index contributed by atoms with van der Waals surface area (Å²) in [5.74, 6) is 0.200. The second kappa shape index (κ2) is 4.77. The van der Waals surface area contributed by atoms with E-state index in [4.69, 9.17) is 0 Å². The van der Waals surface area contributed by atoms with Gasteiger partial charge in [-0.05, 0) is 26.4 Å². The van der Waals surface area contributed by atoms with E-state index in [0.29, 0.717) is 12.6 Å². The zero-order valence-corrected chi connectivity index (χ0v) is 7.94.